The van der Waals surface area contributed by atoms with E-state index >= 15 is 0 Å². The van der Waals surface area contributed by atoms with Gasteiger partial charge in [0.1, 0.15) is 0 Å². The fourth-order valence-corrected chi connectivity index (χ4v) is 3.04. The monoisotopic (exact) mass is 272 g/mol. The van der Waals surface area contributed by atoms with Gasteiger partial charge in [0.25, 0.3) is 0 Å². The van der Waals surface area contributed by atoms with E-state index in [2.05, 4.69) is 4.72 Å². The van der Waals surface area contributed by atoms with Gasteiger partial charge < -0.3 is 10.8 Å². The highest BCUT2D eigenvalue weighted by molar-refractivity contribution is 7.89. The molecule has 1 rings (SSSR count). The SMILES string of the molecule is Cc1cc(N)cc(S(=O)(=O)NCC(C)CO)c1C. The molecule has 102 valence electrons. The minimum Gasteiger partial charge on any atom is -0.399 e. The highest BCUT2D eigenvalue weighted by Crippen LogP contribution is 2.22. The van der Waals surface area contributed by atoms with Crippen molar-refractivity contribution in [3.63, 3.8) is 0 Å². The largest absolute Gasteiger partial charge is 0.399 e. The van der Waals surface area contributed by atoms with Crippen molar-refractivity contribution in [2.45, 2.75) is 25.7 Å². The molecule has 0 aliphatic rings. The number of nitrogens with two attached hydrogens (primary N) is 1. The number of benzene rings is 1. The second-order valence-electron chi connectivity index (χ2n) is 4.60. The Morgan fingerprint density at radius 3 is 2.56 bits per heavy atom. The summed E-state index contributed by atoms with van der Waals surface area (Å²) in [5.74, 6) is -0.123. The minimum atomic E-state index is -3.58. The van der Waals surface area contributed by atoms with E-state index in [0.29, 0.717) is 11.3 Å². The Morgan fingerprint density at radius 1 is 1.39 bits per heavy atom. The molecule has 1 aromatic rings. The van der Waals surface area contributed by atoms with Crippen LogP contribution in [0.4, 0.5) is 5.69 Å². The molecule has 0 bridgehead atoms. The molecule has 0 aliphatic heterocycles. The van der Waals surface area contributed by atoms with Gasteiger partial charge in [-0.3, -0.25) is 0 Å². The van der Waals surface area contributed by atoms with Gasteiger partial charge in [0.2, 0.25) is 10.0 Å². The predicted octanol–water partition coefficient (Wildman–Crippen LogP) is 0.792. The van der Waals surface area contributed by atoms with Gasteiger partial charge in [0.05, 0.1) is 4.90 Å². The third kappa shape index (κ3) is 3.44. The van der Waals surface area contributed by atoms with Crippen LogP contribution in [0.3, 0.4) is 0 Å². The summed E-state index contributed by atoms with van der Waals surface area (Å²) in [6.07, 6.45) is 0. The molecule has 0 radical (unpaired) electrons. The van der Waals surface area contributed by atoms with Crippen molar-refractivity contribution < 1.29 is 13.5 Å². The van der Waals surface area contributed by atoms with Crippen molar-refractivity contribution in [2.75, 3.05) is 18.9 Å². The number of hydrogen-bond acceptors (Lipinski definition) is 4. The van der Waals surface area contributed by atoms with Gasteiger partial charge in [0.15, 0.2) is 0 Å². The van der Waals surface area contributed by atoms with E-state index in [1.165, 1.54) is 6.07 Å². The first-order valence-electron chi connectivity index (χ1n) is 5.75. The third-order valence-corrected chi connectivity index (χ3v) is 4.41. The summed E-state index contributed by atoms with van der Waals surface area (Å²) in [6, 6.07) is 3.19. The molecule has 0 saturated heterocycles. The molecule has 1 unspecified atom stereocenters. The maximum Gasteiger partial charge on any atom is 0.240 e. The Bertz CT molecular complexity index is 526. The average Bonchev–Trinajstić information content (AvgIpc) is 2.30. The van der Waals surface area contributed by atoms with Gasteiger partial charge in [-0.15, -0.1) is 0 Å². The van der Waals surface area contributed by atoms with Crippen LogP contribution in [-0.2, 0) is 10.0 Å². The summed E-state index contributed by atoms with van der Waals surface area (Å²) in [5, 5.41) is 8.89. The van der Waals surface area contributed by atoms with Crippen molar-refractivity contribution in [1.29, 1.82) is 0 Å². The Kier molecular flexibility index (Phi) is 4.72. The standard InChI is InChI=1S/C12H20N2O3S/c1-8(7-15)6-14-18(16,17)12-5-11(13)4-9(2)10(12)3/h4-5,8,14-15H,6-7,13H2,1-3H3. The second kappa shape index (κ2) is 5.69. The zero-order valence-corrected chi connectivity index (χ0v) is 11.7. The molecule has 4 N–H and O–H groups in total. The average molecular weight is 272 g/mol. The van der Waals surface area contributed by atoms with E-state index in [1.54, 1.807) is 19.9 Å². The molecule has 18 heavy (non-hydrogen) atoms. The molecule has 0 amide bonds. The first-order chi connectivity index (χ1) is 8.27. The van der Waals surface area contributed by atoms with Crippen molar-refractivity contribution in [3.8, 4) is 0 Å². The van der Waals surface area contributed by atoms with Gasteiger partial charge in [0, 0.05) is 18.8 Å². The lowest BCUT2D eigenvalue weighted by atomic mass is 10.1. The van der Waals surface area contributed by atoms with E-state index in [-0.39, 0.29) is 24.0 Å². The van der Waals surface area contributed by atoms with Crippen molar-refractivity contribution in [3.05, 3.63) is 23.3 Å². The Balaban J connectivity index is 3.05. The summed E-state index contributed by atoms with van der Waals surface area (Å²) < 4.78 is 26.7. The highest BCUT2D eigenvalue weighted by Gasteiger charge is 2.19. The number of sulfonamides is 1. The second-order valence-corrected chi connectivity index (χ2v) is 6.34. The zero-order valence-electron chi connectivity index (χ0n) is 10.9. The molecule has 0 aromatic heterocycles. The highest BCUT2D eigenvalue weighted by atomic mass is 32.2. The fraction of sp³-hybridized carbons (Fsp3) is 0.500. The van der Waals surface area contributed by atoms with Crippen LogP contribution in [0.25, 0.3) is 0 Å². The molecule has 0 fully saturated rings. The van der Waals surface area contributed by atoms with Crippen LogP contribution in [0.2, 0.25) is 0 Å². The summed E-state index contributed by atoms with van der Waals surface area (Å²) >= 11 is 0. The molecule has 0 heterocycles. The number of nitrogens with one attached hydrogen (secondary N) is 1. The molecule has 5 nitrogen and oxygen atoms in total. The van der Waals surface area contributed by atoms with Crippen LogP contribution in [0.1, 0.15) is 18.1 Å². The van der Waals surface area contributed by atoms with Crippen LogP contribution in [-0.4, -0.2) is 26.7 Å². The van der Waals surface area contributed by atoms with Gasteiger partial charge in [-0.25, -0.2) is 13.1 Å². The van der Waals surface area contributed by atoms with Crippen LogP contribution < -0.4 is 10.5 Å². The maximum absolute atomic E-state index is 12.1. The molecular formula is C12H20N2O3S. The Hall–Kier alpha value is -1.11. The van der Waals surface area contributed by atoms with E-state index in [0.717, 1.165) is 5.56 Å². The third-order valence-electron chi connectivity index (χ3n) is 2.87. The molecule has 1 aromatic carbocycles. The number of aliphatic hydroxyl groups is 1. The quantitative estimate of drug-likeness (QED) is 0.691. The Labute approximate surface area is 108 Å². The molecular weight excluding hydrogens is 252 g/mol. The number of aliphatic hydroxyl groups excluding tert-OH is 1. The maximum atomic E-state index is 12.1. The Morgan fingerprint density at radius 2 is 2.00 bits per heavy atom. The first-order valence-corrected chi connectivity index (χ1v) is 7.23. The topological polar surface area (TPSA) is 92.4 Å². The summed E-state index contributed by atoms with van der Waals surface area (Å²) in [4.78, 5) is 0.199. The minimum absolute atomic E-state index is 0.0581. The van der Waals surface area contributed by atoms with Gasteiger partial charge in [-0.2, -0.15) is 0 Å². The van der Waals surface area contributed by atoms with Crippen LogP contribution >= 0.6 is 0 Å². The van der Waals surface area contributed by atoms with E-state index in [9.17, 15) is 8.42 Å². The normalized spacial score (nSPS) is 13.6. The fourth-order valence-electron chi connectivity index (χ4n) is 1.53. The van der Waals surface area contributed by atoms with Gasteiger partial charge >= 0.3 is 0 Å². The number of hydrogen-bond donors (Lipinski definition) is 3. The van der Waals surface area contributed by atoms with Gasteiger partial charge in [-0.05, 0) is 43.0 Å². The molecule has 1 atom stereocenters. The molecule has 0 spiro atoms. The zero-order chi connectivity index (χ0) is 13.9. The lowest BCUT2D eigenvalue weighted by molar-refractivity contribution is 0.238. The predicted molar refractivity (Wildman–Crippen MR) is 71.8 cm³/mol. The van der Waals surface area contributed by atoms with Crippen molar-refractivity contribution >= 4 is 15.7 Å². The van der Waals surface area contributed by atoms with Crippen molar-refractivity contribution in [1.82, 2.24) is 4.72 Å². The lowest BCUT2D eigenvalue weighted by Crippen LogP contribution is -2.30. The van der Waals surface area contributed by atoms with Crippen molar-refractivity contribution in [2.24, 2.45) is 5.92 Å². The van der Waals surface area contributed by atoms with E-state index in [4.69, 9.17) is 10.8 Å². The summed E-state index contributed by atoms with van der Waals surface area (Å²) in [5.41, 5.74) is 7.63. The molecule has 6 heteroatoms. The number of aryl methyl sites for hydroxylation is 1. The van der Waals surface area contributed by atoms with E-state index in [1.807, 2.05) is 6.92 Å². The summed E-state index contributed by atoms with van der Waals surface area (Å²) in [7, 11) is -3.58. The van der Waals surface area contributed by atoms with Crippen LogP contribution in [0.5, 0.6) is 0 Å². The van der Waals surface area contributed by atoms with E-state index < -0.39 is 10.0 Å². The number of nitrogen functional groups attached to an aromatic ring is 1. The molecule has 0 aliphatic carbocycles. The first kappa shape index (κ1) is 14.9. The van der Waals surface area contributed by atoms with Crippen LogP contribution in [0.15, 0.2) is 17.0 Å². The smallest absolute Gasteiger partial charge is 0.240 e. The molecule has 0 saturated carbocycles. The van der Waals surface area contributed by atoms with Gasteiger partial charge in [-0.1, -0.05) is 6.92 Å². The number of rotatable bonds is 5. The number of anilines is 1. The lowest BCUT2D eigenvalue weighted by Gasteiger charge is -2.14. The van der Waals surface area contributed by atoms with Crippen LogP contribution in [0, 0.1) is 19.8 Å². The summed E-state index contributed by atoms with van der Waals surface area (Å²) in [6.45, 7) is 5.48.